The zero-order chi connectivity index (χ0) is 40.8. The number of methoxy groups -OCH3 is 1. The number of ketones is 1. The van der Waals surface area contributed by atoms with E-state index in [1.54, 1.807) is 6.08 Å². The lowest BCUT2D eigenvalue weighted by Gasteiger charge is -2.51. The molecular weight excluding hydrogens is 721 g/mol. The van der Waals surface area contributed by atoms with Crippen LogP contribution in [0.2, 0.25) is 23.2 Å². The molecule has 2 unspecified atom stereocenters. The molecular formula is C46H68O7Si2. The van der Waals surface area contributed by atoms with Gasteiger partial charge in [0.15, 0.2) is 14.1 Å². The fourth-order valence-corrected chi connectivity index (χ4v) is 14.3. The molecule has 4 rings (SSSR count). The van der Waals surface area contributed by atoms with Gasteiger partial charge in [0.25, 0.3) is 8.32 Å². The molecule has 2 aliphatic carbocycles. The smallest absolute Gasteiger partial charge is 0.308 e. The van der Waals surface area contributed by atoms with Gasteiger partial charge < -0.3 is 18.3 Å². The highest BCUT2D eigenvalue weighted by Crippen LogP contribution is 2.48. The van der Waals surface area contributed by atoms with Crippen LogP contribution in [0.4, 0.5) is 0 Å². The molecule has 9 heteroatoms. The zero-order valence-electron chi connectivity index (χ0n) is 35.6. The van der Waals surface area contributed by atoms with Crippen molar-refractivity contribution >= 4 is 44.7 Å². The molecule has 0 N–H and O–H groups in total. The highest BCUT2D eigenvalue weighted by molar-refractivity contribution is 6.99. The fourth-order valence-electron chi connectivity index (χ4n) is 8.21. The third kappa shape index (κ3) is 10.6. The molecule has 0 aromatic heterocycles. The van der Waals surface area contributed by atoms with Gasteiger partial charge in [0.2, 0.25) is 0 Å². The number of esters is 2. The maximum Gasteiger partial charge on any atom is 0.308 e. The van der Waals surface area contributed by atoms with E-state index >= 15 is 0 Å². The van der Waals surface area contributed by atoms with Crippen molar-refractivity contribution in [3.63, 3.8) is 0 Å². The Bertz CT molecular complexity index is 1600. The Labute approximate surface area is 333 Å². The average molecular weight is 789 g/mol. The van der Waals surface area contributed by atoms with E-state index in [9.17, 15) is 14.4 Å². The molecule has 2 aromatic carbocycles. The molecule has 7 nitrogen and oxygen atoms in total. The Morgan fingerprint density at radius 1 is 0.855 bits per heavy atom. The summed E-state index contributed by atoms with van der Waals surface area (Å²) in [5.41, 5.74) is 0. The van der Waals surface area contributed by atoms with Crippen LogP contribution in [-0.4, -0.2) is 59.8 Å². The molecule has 0 aliphatic heterocycles. The summed E-state index contributed by atoms with van der Waals surface area (Å²) in [6, 6.07) is 21.4. The third-order valence-corrected chi connectivity index (χ3v) is 22.2. The van der Waals surface area contributed by atoms with E-state index < -0.39 is 34.8 Å². The van der Waals surface area contributed by atoms with Crippen molar-refractivity contribution in [3.05, 3.63) is 85.0 Å². The first-order valence-corrected chi connectivity index (χ1v) is 25.2. The number of carbonyl (C=O) groups is 3. The van der Waals surface area contributed by atoms with E-state index in [-0.39, 0.29) is 70.4 Å². The second kappa shape index (κ2) is 18.4. The summed E-state index contributed by atoms with van der Waals surface area (Å²) in [4.78, 5) is 39.7. The van der Waals surface area contributed by atoms with Crippen molar-refractivity contribution in [3.8, 4) is 0 Å². The van der Waals surface area contributed by atoms with Gasteiger partial charge in [0.1, 0.15) is 6.10 Å². The first-order valence-electron chi connectivity index (χ1n) is 20.4. The second-order valence-electron chi connectivity index (χ2n) is 18.5. The van der Waals surface area contributed by atoms with Gasteiger partial charge in [-0.1, -0.05) is 141 Å². The summed E-state index contributed by atoms with van der Waals surface area (Å²) in [6.07, 6.45) is 9.31. The van der Waals surface area contributed by atoms with Crippen LogP contribution in [0, 0.1) is 29.6 Å². The van der Waals surface area contributed by atoms with Gasteiger partial charge in [-0.25, -0.2) is 0 Å². The summed E-state index contributed by atoms with van der Waals surface area (Å²) < 4.78 is 25.7. The number of hydrogen-bond acceptors (Lipinski definition) is 7. The Balaban J connectivity index is 1.69. The summed E-state index contributed by atoms with van der Waals surface area (Å²) in [7, 11) is -3.79. The van der Waals surface area contributed by atoms with Gasteiger partial charge in [-0.2, -0.15) is 0 Å². The zero-order valence-corrected chi connectivity index (χ0v) is 37.6. The van der Waals surface area contributed by atoms with Crippen molar-refractivity contribution in [1.29, 1.82) is 0 Å². The van der Waals surface area contributed by atoms with Crippen molar-refractivity contribution in [2.24, 2.45) is 29.6 Å². The number of ether oxygens (including phenoxy) is 2. The maximum absolute atomic E-state index is 13.7. The van der Waals surface area contributed by atoms with Crippen molar-refractivity contribution in [1.82, 2.24) is 0 Å². The topological polar surface area (TPSA) is 88.1 Å². The van der Waals surface area contributed by atoms with Crippen molar-refractivity contribution < 1.29 is 32.7 Å². The SMILES string of the molecule is CC[C@H](C)C(=O)O[C@H]1C[C@H](O[Si](c2ccccc2)(c2ccccc2)C(C)(C)C)CC2C=C[C@H](C)[C@H](/C=C/C(=O)C[C@H](CC(=O)OC)O[Si](C)(C)C(C)(C)C)C21. The molecule has 0 spiro atoms. The van der Waals surface area contributed by atoms with E-state index in [0.717, 1.165) is 6.42 Å². The minimum atomic E-state index is -2.88. The third-order valence-electron chi connectivity index (χ3n) is 12.5. The molecule has 1 saturated carbocycles. The number of carbonyl (C=O) groups excluding carboxylic acids is 3. The van der Waals surface area contributed by atoms with Gasteiger partial charge in [-0.05, 0) is 70.2 Å². The van der Waals surface area contributed by atoms with Gasteiger partial charge >= 0.3 is 11.9 Å². The monoisotopic (exact) mass is 788 g/mol. The molecule has 0 bridgehead atoms. The number of rotatable bonds is 15. The van der Waals surface area contributed by atoms with Crippen molar-refractivity contribution in [2.75, 3.05) is 7.11 Å². The van der Waals surface area contributed by atoms with E-state index in [1.165, 1.54) is 17.5 Å². The molecule has 0 amide bonds. The van der Waals surface area contributed by atoms with E-state index in [0.29, 0.717) is 12.8 Å². The quantitative estimate of drug-likeness (QED) is 0.0770. The predicted molar refractivity (Wildman–Crippen MR) is 227 cm³/mol. The highest BCUT2D eigenvalue weighted by atomic mass is 28.4. The molecule has 1 fully saturated rings. The van der Waals surface area contributed by atoms with E-state index in [1.807, 2.05) is 19.9 Å². The molecule has 2 aromatic rings. The first-order chi connectivity index (χ1) is 25.7. The lowest BCUT2D eigenvalue weighted by atomic mass is 9.63. The average Bonchev–Trinajstić information content (AvgIpc) is 3.12. The van der Waals surface area contributed by atoms with E-state index in [4.69, 9.17) is 18.3 Å². The molecule has 2 aliphatic rings. The standard InChI is InChI=1S/C46H68O7Si2/c1-13-32(2)44(49)51-41-30-36(53-55(46(7,8)9,38-20-16-14-17-21-38)39-22-18-15-19-23-39)28-34-25-24-33(3)40(43(34)41)27-26-35(47)29-37(31-42(48)50-10)52-54(11,12)45(4,5)6/h14-27,32-34,36-37,40-41,43H,13,28-31H2,1-12H3/b27-26+/t32-,33-,34?,36+,37+,40-,41-,43?/m0/s1. The Hall–Kier alpha value is -3.12. The van der Waals surface area contributed by atoms with Crippen LogP contribution in [-0.2, 0) is 32.7 Å². The summed E-state index contributed by atoms with van der Waals surface area (Å²) in [5.74, 6) is -0.753. The van der Waals surface area contributed by atoms with Gasteiger partial charge in [-0.15, -0.1) is 0 Å². The van der Waals surface area contributed by atoms with Crippen LogP contribution in [0.3, 0.4) is 0 Å². The summed E-state index contributed by atoms with van der Waals surface area (Å²) >= 11 is 0. The molecule has 8 atom stereocenters. The Morgan fingerprint density at radius 2 is 1.44 bits per heavy atom. The predicted octanol–water partition coefficient (Wildman–Crippen LogP) is 9.21. The number of allylic oxidation sites excluding steroid dienone is 4. The Morgan fingerprint density at radius 3 is 1.95 bits per heavy atom. The lowest BCUT2D eigenvalue weighted by molar-refractivity contribution is -0.164. The first kappa shape index (κ1) is 44.6. The van der Waals surface area contributed by atoms with Crippen LogP contribution in [0.15, 0.2) is 85.0 Å². The second-order valence-corrected chi connectivity index (χ2v) is 27.5. The lowest BCUT2D eigenvalue weighted by Crippen LogP contribution is -2.68. The van der Waals surface area contributed by atoms with Crippen molar-refractivity contribution in [2.45, 2.75) is 136 Å². The van der Waals surface area contributed by atoms with Crippen LogP contribution >= 0.6 is 0 Å². The summed E-state index contributed by atoms with van der Waals surface area (Å²) in [6.45, 7) is 23.7. The Kier molecular flexibility index (Phi) is 14.9. The number of benzene rings is 2. The van der Waals surface area contributed by atoms with Crippen LogP contribution < -0.4 is 10.4 Å². The maximum atomic E-state index is 13.7. The van der Waals surface area contributed by atoms with Gasteiger partial charge in [0.05, 0.1) is 25.6 Å². The molecule has 0 saturated heterocycles. The minimum absolute atomic E-state index is 0.0228. The van der Waals surface area contributed by atoms with Crippen LogP contribution in [0.1, 0.15) is 94.4 Å². The molecule has 0 heterocycles. The summed E-state index contributed by atoms with van der Waals surface area (Å²) in [5, 5.41) is 2.16. The van der Waals surface area contributed by atoms with Gasteiger partial charge in [-0.3, -0.25) is 14.4 Å². The number of fused-ring (bicyclic) bond motifs is 1. The molecule has 302 valence electrons. The van der Waals surface area contributed by atoms with Gasteiger partial charge in [0, 0.05) is 24.9 Å². The molecule has 55 heavy (non-hydrogen) atoms. The highest BCUT2D eigenvalue weighted by Gasteiger charge is 2.54. The fraction of sp³-hybridized carbons (Fsp3) is 0.587. The normalized spacial score (nSPS) is 24.5. The minimum Gasteiger partial charge on any atom is -0.469 e. The largest absolute Gasteiger partial charge is 0.469 e. The van der Waals surface area contributed by atoms with Crippen LogP contribution in [0.25, 0.3) is 0 Å². The molecule has 0 radical (unpaired) electrons. The van der Waals surface area contributed by atoms with E-state index in [2.05, 4.69) is 134 Å². The van der Waals surface area contributed by atoms with Crippen LogP contribution in [0.5, 0.6) is 0 Å². The number of hydrogen-bond donors (Lipinski definition) is 0.